The number of carbonyl (C=O) groups excluding carboxylic acids is 2. The van der Waals surface area contributed by atoms with Crippen molar-refractivity contribution < 1.29 is 9.59 Å². The van der Waals surface area contributed by atoms with E-state index in [1.54, 1.807) is 11.4 Å². The van der Waals surface area contributed by atoms with E-state index in [4.69, 9.17) is 0 Å². The average Bonchev–Trinajstić information content (AvgIpc) is 2.97. The van der Waals surface area contributed by atoms with Crippen molar-refractivity contribution in [1.29, 1.82) is 0 Å². The van der Waals surface area contributed by atoms with Gasteiger partial charge in [-0.1, -0.05) is 29.8 Å². The van der Waals surface area contributed by atoms with Crippen molar-refractivity contribution in [1.82, 2.24) is 10.2 Å². The molecule has 2 aromatic rings. The predicted molar refractivity (Wildman–Crippen MR) is 94.3 cm³/mol. The highest BCUT2D eigenvalue weighted by atomic mass is 32.1. The Kier molecular flexibility index (Phi) is 5.69. The van der Waals surface area contributed by atoms with Gasteiger partial charge in [0.25, 0.3) is 5.91 Å². The molecule has 2 rings (SSSR count). The molecule has 5 heteroatoms. The lowest BCUT2D eigenvalue weighted by Gasteiger charge is -2.25. The molecule has 0 saturated heterocycles. The topological polar surface area (TPSA) is 49.4 Å². The predicted octanol–water partition coefficient (Wildman–Crippen LogP) is 3.29. The van der Waals surface area contributed by atoms with Crippen LogP contribution in [0.4, 0.5) is 0 Å². The summed E-state index contributed by atoms with van der Waals surface area (Å²) in [4.78, 5) is 26.3. The van der Waals surface area contributed by atoms with E-state index < -0.39 is 0 Å². The lowest BCUT2D eigenvalue weighted by molar-refractivity contribution is 0.0942. The third-order valence-corrected chi connectivity index (χ3v) is 4.75. The molecule has 0 saturated carbocycles. The number of benzene rings is 1. The number of hydrogen-bond donors (Lipinski definition) is 1. The minimum atomic E-state index is -0.145. The first-order chi connectivity index (χ1) is 10.9. The summed E-state index contributed by atoms with van der Waals surface area (Å²) in [7, 11) is 4.00. The fourth-order valence-corrected chi connectivity index (χ4v) is 3.20. The van der Waals surface area contributed by atoms with E-state index in [9.17, 15) is 9.59 Å². The van der Waals surface area contributed by atoms with E-state index >= 15 is 0 Å². The molecular formula is C18H22N2O2S. The molecule has 0 aliphatic rings. The van der Waals surface area contributed by atoms with Crippen LogP contribution in [0.1, 0.15) is 44.1 Å². The van der Waals surface area contributed by atoms with Gasteiger partial charge in [0.2, 0.25) is 0 Å². The second-order valence-electron chi connectivity index (χ2n) is 5.86. The van der Waals surface area contributed by atoms with Gasteiger partial charge in [0.15, 0.2) is 5.78 Å². The van der Waals surface area contributed by atoms with Gasteiger partial charge in [-0.3, -0.25) is 9.59 Å². The molecule has 0 fully saturated rings. The molecule has 1 heterocycles. The number of thiophene rings is 1. The molecule has 4 nitrogen and oxygen atoms in total. The molecule has 23 heavy (non-hydrogen) atoms. The Labute approximate surface area is 141 Å². The first-order valence-electron chi connectivity index (χ1n) is 7.49. The zero-order valence-corrected chi connectivity index (χ0v) is 14.7. The smallest absolute Gasteiger partial charge is 0.252 e. The summed E-state index contributed by atoms with van der Waals surface area (Å²) in [5, 5.41) is 4.69. The largest absolute Gasteiger partial charge is 0.350 e. The van der Waals surface area contributed by atoms with Crippen LogP contribution in [0, 0.1) is 6.92 Å². The Hall–Kier alpha value is -1.98. The number of nitrogens with one attached hydrogen (secondary N) is 1. The van der Waals surface area contributed by atoms with E-state index in [1.807, 2.05) is 20.2 Å². The Morgan fingerprint density at radius 2 is 2.00 bits per heavy atom. The van der Waals surface area contributed by atoms with E-state index in [0.29, 0.717) is 17.0 Å². The van der Waals surface area contributed by atoms with Crippen LogP contribution in [0.5, 0.6) is 0 Å². The lowest BCUT2D eigenvalue weighted by Crippen LogP contribution is -2.34. The third kappa shape index (κ3) is 4.50. The minimum Gasteiger partial charge on any atom is -0.350 e. The first kappa shape index (κ1) is 17.4. The maximum Gasteiger partial charge on any atom is 0.252 e. The van der Waals surface area contributed by atoms with Crippen LogP contribution in [-0.2, 0) is 0 Å². The van der Waals surface area contributed by atoms with E-state index in [1.165, 1.54) is 29.4 Å². The summed E-state index contributed by atoms with van der Waals surface area (Å²) >= 11 is 1.30. The highest BCUT2D eigenvalue weighted by molar-refractivity contribution is 7.12. The number of hydrogen-bond acceptors (Lipinski definition) is 4. The quantitative estimate of drug-likeness (QED) is 0.827. The van der Waals surface area contributed by atoms with Crippen molar-refractivity contribution in [3.8, 4) is 0 Å². The Morgan fingerprint density at radius 3 is 2.57 bits per heavy atom. The van der Waals surface area contributed by atoms with Gasteiger partial charge >= 0.3 is 0 Å². The van der Waals surface area contributed by atoms with Crippen LogP contribution in [0.15, 0.2) is 35.7 Å². The number of ketones is 1. The SMILES string of the molecule is CC(=O)c1cc(C(=O)NC[C@H](c2cccc(C)c2)N(C)C)cs1. The van der Waals surface area contributed by atoms with Crippen LogP contribution in [0.3, 0.4) is 0 Å². The zero-order chi connectivity index (χ0) is 17.0. The summed E-state index contributed by atoms with van der Waals surface area (Å²) < 4.78 is 0. The van der Waals surface area contributed by atoms with E-state index in [-0.39, 0.29) is 17.7 Å². The van der Waals surface area contributed by atoms with Gasteiger partial charge < -0.3 is 10.2 Å². The molecule has 0 radical (unpaired) electrons. The van der Waals surface area contributed by atoms with Crippen molar-refractivity contribution in [2.24, 2.45) is 0 Å². The number of carbonyl (C=O) groups is 2. The molecule has 1 N–H and O–H groups in total. The number of Topliss-reactive ketones (excluding diaryl/α,β-unsaturated/α-hetero) is 1. The third-order valence-electron chi connectivity index (χ3n) is 3.71. The van der Waals surface area contributed by atoms with Crippen LogP contribution >= 0.6 is 11.3 Å². The van der Waals surface area contributed by atoms with Gasteiger partial charge in [0, 0.05) is 11.9 Å². The van der Waals surface area contributed by atoms with Crippen LogP contribution < -0.4 is 5.32 Å². The van der Waals surface area contributed by atoms with Gasteiger partial charge in [-0.2, -0.15) is 0 Å². The summed E-state index contributed by atoms with van der Waals surface area (Å²) in [5.41, 5.74) is 2.91. The monoisotopic (exact) mass is 330 g/mol. The Morgan fingerprint density at radius 1 is 1.26 bits per heavy atom. The fourth-order valence-electron chi connectivity index (χ4n) is 2.41. The number of rotatable bonds is 6. The maximum atomic E-state index is 12.3. The molecule has 1 atom stereocenters. The number of nitrogens with zero attached hydrogens (tertiary/aromatic N) is 1. The highest BCUT2D eigenvalue weighted by Crippen LogP contribution is 2.19. The number of amides is 1. The van der Waals surface area contributed by atoms with Crippen LogP contribution in [-0.4, -0.2) is 37.2 Å². The van der Waals surface area contributed by atoms with Crippen molar-refractivity contribution in [3.63, 3.8) is 0 Å². The van der Waals surface area contributed by atoms with Crippen molar-refractivity contribution in [2.45, 2.75) is 19.9 Å². The Balaban J connectivity index is 2.06. The van der Waals surface area contributed by atoms with Gasteiger partial charge in [-0.05, 0) is 39.6 Å². The van der Waals surface area contributed by atoms with Gasteiger partial charge in [0.05, 0.1) is 16.5 Å². The second-order valence-corrected chi connectivity index (χ2v) is 6.77. The average molecular weight is 330 g/mol. The summed E-state index contributed by atoms with van der Waals surface area (Å²) in [6.07, 6.45) is 0. The fraction of sp³-hybridized carbons (Fsp3) is 0.333. The number of likely N-dealkylation sites (N-methyl/N-ethyl adjacent to an activating group) is 1. The van der Waals surface area contributed by atoms with Crippen molar-refractivity contribution in [2.75, 3.05) is 20.6 Å². The molecule has 1 aromatic carbocycles. The van der Waals surface area contributed by atoms with Crippen molar-refractivity contribution >= 4 is 23.0 Å². The normalized spacial score (nSPS) is 12.2. The molecule has 0 aliphatic heterocycles. The molecule has 1 aromatic heterocycles. The summed E-state index contributed by atoms with van der Waals surface area (Å²) in [5.74, 6) is -0.159. The van der Waals surface area contributed by atoms with Crippen LogP contribution in [0.2, 0.25) is 0 Å². The molecular weight excluding hydrogens is 308 g/mol. The first-order valence-corrected chi connectivity index (χ1v) is 8.37. The van der Waals surface area contributed by atoms with Crippen molar-refractivity contribution in [3.05, 3.63) is 57.3 Å². The standard InChI is InChI=1S/C18H22N2O2S/c1-12-6-5-7-14(8-12)16(20(3)4)10-19-18(22)15-9-17(13(2)21)23-11-15/h5-9,11,16H,10H2,1-4H3,(H,19,22)/t16-/m1/s1. The van der Waals surface area contributed by atoms with E-state index in [0.717, 1.165) is 0 Å². The summed E-state index contributed by atoms with van der Waals surface area (Å²) in [6, 6.07) is 10.0. The van der Waals surface area contributed by atoms with E-state index in [2.05, 4.69) is 35.3 Å². The van der Waals surface area contributed by atoms with Crippen LogP contribution in [0.25, 0.3) is 0 Å². The molecule has 0 unspecified atom stereocenters. The minimum absolute atomic E-state index is 0.0139. The van der Waals surface area contributed by atoms with Gasteiger partial charge in [-0.15, -0.1) is 11.3 Å². The highest BCUT2D eigenvalue weighted by Gasteiger charge is 2.17. The Bertz CT molecular complexity index is 707. The molecule has 0 bridgehead atoms. The maximum absolute atomic E-state index is 12.3. The molecule has 122 valence electrons. The second kappa shape index (κ2) is 7.53. The summed E-state index contributed by atoms with van der Waals surface area (Å²) in [6.45, 7) is 4.08. The molecule has 1 amide bonds. The van der Waals surface area contributed by atoms with Gasteiger partial charge in [-0.25, -0.2) is 0 Å². The molecule has 0 aliphatic carbocycles. The molecule has 0 spiro atoms. The lowest BCUT2D eigenvalue weighted by atomic mass is 10.0. The van der Waals surface area contributed by atoms with Gasteiger partial charge in [0.1, 0.15) is 0 Å². The number of aryl methyl sites for hydroxylation is 1. The zero-order valence-electron chi connectivity index (χ0n) is 13.9.